The Morgan fingerprint density at radius 1 is 1.10 bits per heavy atom. The molecule has 106 valence electrons. The Hall–Kier alpha value is -2.62. The van der Waals surface area contributed by atoms with Crippen LogP contribution in [0.1, 0.15) is 17.0 Å². The Kier molecular flexibility index (Phi) is 3.44. The molecule has 0 saturated heterocycles. The van der Waals surface area contributed by atoms with Crippen molar-refractivity contribution < 1.29 is 4.92 Å². The number of nitro groups is 1. The molecule has 0 N–H and O–H groups in total. The van der Waals surface area contributed by atoms with E-state index in [9.17, 15) is 10.1 Å². The van der Waals surface area contributed by atoms with Gasteiger partial charge in [0, 0.05) is 29.1 Å². The Labute approximate surface area is 122 Å². The zero-order chi connectivity index (χ0) is 14.8. The van der Waals surface area contributed by atoms with Crippen molar-refractivity contribution in [1.29, 1.82) is 0 Å². The highest BCUT2D eigenvalue weighted by Gasteiger charge is 2.23. The summed E-state index contributed by atoms with van der Waals surface area (Å²) in [7, 11) is 1.97. The minimum Gasteiger partial charge on any atom is -0.350 e. The van der Waals surface area contributed by atoms with Crippen LogP contribution in [-0.4, -0.2) is 16.0 Å². The van der Waals surface area contributed by atoms with Crippen LogP contribution in [0.3, 0.4) is 0 Å². The molecule has 0 saturated carbocycles. The maximum atomic E-state index is 11.1. The van der Waals surface area contributed by atoms with Crippen molar-refractivity contribution in [1.82, 2.24) is 4.57 Å². The second kappa shape index (κ2) is 5.40. The van der Waals surface area contributed by atoms with E-state index in [2.05, 4.69) is 0 Å². The van der Waals surface area contributed by atoms with Crippen LogP contribution in [0.25, 0.3) is 10.9 Å². The van der Waals surface area contributed by atoms with Crippen molar-refractivity contribution in [2.75, 3.05) is 6.54 Å². The summed E-state index contributed by atoms with van der Waals surface area (Å²) in [6.07, 6.45) is 2.01. The van der Waals surface area contributed by atoms with E-state index < -0.39 is 0 Å². The van der Waals surface area contributed by atoms with Crippen molar-refractivity contribution in [3.8, 4) is 0 Å². The maximum Gasteiger partial charge on any atom is 0.214 e. The molecule has 3 aromatic rings. The second-order valence-electron chi connectivity index (χ2n) is 5.19. The van der Waals surface area contributed by atoms with Gasteiger partial charge in [-0.2, -0.15) is 0 Å². The van der Waals surface area contributed by atoms with E-state index in [1.54, 1.807) is 0 Å². The van der Waals surface area contributed by atoms with Gasteiger partial charge in [0.25, 0.3) is 0 Å². The third-order valence-electron chi connectivity index (χ3n) is 3.84. The van der Waals surface area contributed by atoms with Crippen molar-refractivity contribution in [2.45, 2.75) is 5.92 Å². The van der Waals surface area contributed by atoms with E-state index in [0.29, 0.717) is 0 Å². The lowest BCUT2D eigenvalue weighted by molar-refractivity contribution is -0.481. The molecule has 0 unspecified atom stereocenters. The Morgan fingerprint density at radius 3 is 2.48 bits per heavy atom. The van der Waals surface area contributed by atoms with E-state index in [-0.39, 0.29) is 17.4 Å². The fraction of sp³-hybridized carbons (Fsp3) is 0.176. The van der Waals surface area contributed by atoms with E-state index in [1.165, 1.54) is 0 Å². The number of aromatic nitrogens is 1. The first kappa shape index (κ1) is 13.4. The highest BCUT2D eigenvalue weighted by molar-refractivity contribution is 5.85. The number of fused-ring (bicyclic) bond motifs is 1. The van der Waals surface area contributed by atoms with Gasteiger partial charge in [-0.3, -0.25) is 10.1 Å². The van der Waals surface area contributed by atoms with Gasteiger partial charge in [0.1, 0.15) is 0 Å². The molecule has 2 aromatic carbocycles. The molecule has 4 heteroatoms. The number of benzene rings is 2. The van der Waals surface area contributed by atoms with Crippen LogP contribution in [0.2, 0.25) is 0 Å². The largest absolute Gasteiger partial charge is 0.350 e. The van der Waals surface area contributed by atoms with Crippen LogP contribution in [0.4, 0.5) is 0 Å². The first-order valence-corrected chi connectivity index (χ1v) is 6.87. The molecule has 0 aliphatic rings. The van der Waals surface area contributed by atoms with Crippen LogP contribution in [0.15, 0.2) is 60.8 Å². The molecular weight excluding hydrogens is 264 g/mol. The normalized spacial score (nSPS) is 12.4. The van der Waals surface area contributed by atoms with E-state index in [1.807, 2.05) is 72.4 Å². The van der Waals surface area contributed by atoms with Crippen LogP contribution >= 0.6 is 0 Å². The average Bonchev–Trinajstić information content (AvgIpc) is 2.83. The smallest absolute Gasteiger partial charge is 0.214 e. The first-order valence-electron chi connectivity index (χ1n) is 6.87. The van der Waals surface area contributed by atoms with Gasteiger partial charge in [0.15, 0.2) is 0 Å². The van der Waals surface area contributed by atoms with Gasteiger partial charge >= 0.3 is 0 Å². The molecule has 0 radical (unpaired) electrons. The predicted molar refractivity (Wildman–Crippen MR) is 83.1 cm³/mol. The molecule has 0 bridgehead atoms. The topological polar surface area (TPSA) is 48.1 Å². The molecule has 1 aromatic heterocycles. The van der Waals surface area contributed by atoms with Gasteiger partial charge in [-0.15, -0.1) is 0 Å². The fourth-order valence-corrected chi connectivity index (χ4v) is 2.87. The number of aryl methyl sites for hydroxylation is 1. The SMILES string of the molecule is Cn1cc([C@H](C[N+](=O)[O-])c2ccccc2)c2ccccc21. The van der Waals surface area contributed by atoms with Crippen LogP contribution in [0, 0.1) is 10.1 Å². The molecule has 1 atom stereocenters. The molecule has 4 nitrogen and oxygen atoms in total. The lowest BCUT2D eigenvalue weighted by Crippen LogP contribution is -2.13. The number of hydrogen-bond acceptors (Lipinski definition) is 2. The van der Waals surface area contributed by atoms with E-state index in [4.69, 9.17) is 0 Å². The number of nitrogens with zero attached hydrogens (tertiary/aromatic N) is 2. The minimum atomic E-state index is -0.237. The van der Waals surface area contributed by atoms with Crippen LogP contribution in [0.5, 0.6) is 0 Å². The molecule has 3 rings (SSSR count). The summed E-state index contributed by atoms with van der Waals surface area (Å²) in [6, 6.07) is 17.7. The summed E-state index contributed by atoms with van der Waals surface area (Å²) in [5, 5.41) is 12.2. The lowest BCUT2D eigenvalue weighted by atomic mass is 9.91. The summed E-state index contributed by atoms with van der Waals surface area (Å²) >= 11 is 0. The van der Waals surface area contributed by atoms with Gasteiger partial charge in [-0.1, -0.05) is 48.5 Å². The third kappa shape index (κ3) is 2.52. The molecule has 1 heterocycles. The molecule has 0 aliphatic carbocycles. The second-order valence-corrected chi connectivity index (χ2v) is 5.19. The van der Waals surface area contributed by atoms with Crippen molar-refractivity contribution in [3.05, 3.63) is 82.0 Å². The molecule has 21 heavy (non-hydrogen) atoms. The number of para-hydroxylation sites is 1. The molecular formula is C17H16N2O2. The summed E-state index contributed by atoms with van der Waals surface area (Å²) in [6.45, 7) is -0.0992. The Morgan fingerprint density at radius 2 is 1.76 bits per heavy atom. The highest BCUT2D eigenvalue weighted by Crippen LogP contribution is 2.32. The number of rotatable bonds is 4. The fourth-order valence-electron chi connectivity index (χ4n) is 2.87. The van der Waals surface area contributed by atoms with Crippen LogP contribution < -0.4 is 0 Å². The van der Waals surface area contributed by atoms with Crippen molar-refractivity contribution in [2.24, 2.45) is 7.05 Å². The van der Waals surface area contributed by atoms with Crippen LogP contribution in [-0.2, 0) is 7.05 Å². The average molecular weight is 280 g/mol. The van der Waals surface area contributed by atoms with E-state index in [0.717, 1.165) is 22.0 Å². The number of hydrogen-bond donors (Lipinski definition) is 0. The highest BCUT2D eigenvalue weighted by atomic mass is 16.6. The summed E-state index contributed by atoms with van der Waals surface area (Å²) in [4.78, 5) is 10.9. The van der Waals surface area contributed by atoms with Gasteiger partial charge in [-0.05, 0) is 17.2 Å². The zero-order valence-electron chi connectivity index (χ0n) is 11.8. The lowest BCUT2D eigenvalue weighted by Gasteiger charge is -2.12. The quantitative estimate of drug-likeness (QED) is 0.541. The first-order chi connectivity index (χ1) is 10.2. The minimum absolute atomic E-state index is 0.0992. The Balaban J connectivity index is 2.17. The van der Waals surface area contributed by atoms with E-state index >= 15 is 0 Å². The Bertz CT molecular complexity index is 778. The van der Waals surface area contributed by atoms with Crippen molar-refractivity contribution >= 4 is 10.9 Å². The monoisotopic (exact) mass is 280 g/mol. The molecule has 0 spiro atoms. The standard InChI is InChI=1S/C17H16N2O2/c1-18-11-16(14-9-5-6-10-17(14)18)15(12-19(20)21)13-7-3-2-4-8-13/h2-11,15H,12H2,1H3/t15-/m1/s1. The third-order valence-corrected chi connectivity index (χ3v) is 3.84. The summed E-state index contributed by atoms with van der Waals surface area (Å²) < 4.78 is 2.03. The summed E-state index contributed by atoms with van der Waals surface area (Å²) in [5.74, 6) is -0.229. The maximum absolute atomic E-state index is 11.1. The predicted octanol–water partition coefficient (Wildman–Crippen LogP) is 3.59. The van der Waals surface area contributed by atoms with Gasteiger partial charge in [0.2, 0.25) is 6.54 Å². The molecule has 0 fully saturated rings. The van der Waals surface area contributed by atoms with Gasteiger partial charge in [0.05, 0.1) is 5.92 Å². The van der Waals surface area contributed by atoms with Gasteiger partial charge in [-0.25, -0.2) is 0 Å². The molecule has 0 aliphatic heterocycles. The van der Waals surface area contributed by atoms with Crippen molar-refractivity contribution in [3.63, 3.8) is 0 Å². The van der Waals surface area contributed by atoms with Gasteiger partial charge < -0.3 is 4.57 Å². The zero-order valence-corrected chi connectivity index (χ0v) is 11.8. The molecule has 0 amide bonds. The summed E-state index contributed by atoms with van der Waals surface area (Å²) in [5.41, 5.74) is 3.08.